The molecule has 24 heavy (non-hydrogen) atoms. The van der Waals surface area contributed by atoms with Gasteiger partial charge >= 0.3 is 0 Å². The van der Waals surface area contributed by atoms with Crippen LogP contribution in [0.15, 0.2) is 24.3 Å². The first kappa shape index (κ1) is 16.9. The number of hydrogen-bond acceptors (Lipinski definition) is 4. The molecule has 0 spiro atoms. The van der Waals surface area contributed by atoms with Crippen molar-refractivity contribution in [2.24, 2.45) is 7.05 Å². The van der Waals surface area contributed by atoms with Gasteiger partial charge in [-0.25, -0.2) is 9.07 Å². The standard InChI is InChI=1S/C18H24FN3O2/c1-12-17(18(24-3)21(2)20-12)15-9-6-10-22(15)11-16(23)13-7-4-5-8-14(13)19/h4-5,7-8,15-16,23H,6,9-11H2,1-3H3/t15-,16+/m0/s1. The van der Waals surface area contributed by atoms with E-state index in [-0.39, 0.29) is 11.9 Å². The van der Waals surface area contributed by atoms with E-state index in [9.17, 15) is 9.50 Å². The SMILES string of the molecule is COc1c([C@@H]2CCCN2C[C@@H](O)c2ccccc2F)c(C)nn1C. The van der Waals surface area contributed by atoms with Gasteiger partial charge in [0.05, 0.1) is 24.5 Å². The van der Waals surface area contributed by atoms with Crippen molar-refractivity contribution in [2.75, 3.05) is 20.2 Å². The Morgan fingerprint density at radius 1 is 1.42 bits per heavy atom. The number of methoxy groups -OCH3 is 1. The molecule has 1 saturated heterocycles. The van der Waals surface area contributed by atoms with Crippen molar-refractivity contribution in [3.63, 3.8) is 0 Å². The summed E-state index contributed by atoms with van der Waals surface area (Å²) in [5, 5.41) is 14.9. The molecule has 0 aliphatic carbocycles. The third-order valence-corrected chi connectivity index (χ3v) is 4.78. The number of aliphatic hydroxyl groups excluding tert-OH is 1. The van der Waals surface area contributed by atoms with Gasteiger partial charge in [0.1, 0.15) is 5.82 Å². The summed E-state index contributed by atoms with van der Waals surface area (Å²) in [5.74, 6) is 0.390. The predicted molar refractivity (Wildman–Crippen MR) is 89.4 cm³/mol. The lowest BCUT2D eigenvalue weighted by molar-refractivity contribution is 0.102. The van der Waals surface area contributed by atoms with E-state index in [2.05, 4.69) is 10.00 Å². The Bertz CT molecular complexity index is 716. The minimum atomic E-state index is -0.852. The second kappa shape index (κ2) is 6.91. The van der Waals surface area contributed by atoms with Gasteiger partial charge in [0.2, 0.25) is 5.88 Å². The normalized spacial score (nSPS) is 19.6. The summed E-state index contributed by atoms with van der Waals surface area (Å²) in [6.07, 6.45) is 1.16. The summed E-state index contributed by atoms with van der Waals surface area (Å²) < 4.78 is 21.2. The van der Waals surface area contributed by atoms with Crippen LogP contribution in [0.4, 0.5) is 4.39 Å². The third-order valence-electron chi connectivity index (χ3n) is 4.78. The van der Waals surface area contributed by atoms with E-state index in [4.69, 9.17) is 4.74 Å². The first-order valence-corrected chi connectivity index (χ1v) is 8.27. The van der Waals surface area contributed by atoms with E-state index >= 15 is 0 Å². The molecule has 2 aromatic rings. The Morgan fingerprint density at radius 3 is 2.88 bits per heavy atom. The van der Waals surface area contributed by atoms with Crippen molar-refractivity contribution >= 4 is 0 Å². The van der Waals surface area contributed by atoms with Crippen molar-refractivity contribution in [2.45, 2.75) is 31.9 Å². The van der Waals surface area contributed by atoms with Crippen molar-refractivity contribution in [3.8, 4) is 5.88 Å². The zero-order chi connectivity index (χ0) is 17.3. The lowest BCUT2D eigenvalue weighted by Crippen LogP contribution is -2.29. The monoisotopic (exact) mass is 333 g/mol. The zero-order valence-corrected chi connectivity index (χ0v) is 14.4. The van der Waals surface area contributed by atoms with Crippen LogP contribution < -0.4 is 4.74 Å². The molecule has 1 aliphatic heterocycles. The van der Waals surface area contributed by atoms with Gasteiger partial charge in [0, 0.05) is 25.2 Å². The van der Waals surface area contributed by atoms with E-state index in [1.807, 2.05) is 14.0 Å². The van der Waals surface area contributed by atoms with Crippen molar-refractivity contribution < 1.29 is 14.2 Å². The summed E-state index contributed by atoms with van der Waals surface area (Å²) in [7, 11) is 3.51. The van der Waals surface area contributed by atoms with Crippen LogP contribution in [0.3, 0.4) is 0 Å². The average molecular weight is 333 g/mol. The van der Waals surface area contributed by atoms with E-state index in [0.29, 0.717) is 12.1 Å². The van der Waals surface area contributed by atoms with E-state index < -0.39 is 6.10 Å². The molecule has 1 N–H and O–H groups in total. The molecule has 0 bridgehead atoms. The molecule has 2 heterocycles. The molecule has 1 aromatic carbocycles. The summed E-state index contributed by atoms with van der Waals surface area (Å²) in [6, 6.07) is 6.54. The van der Waals surface area contributed by atoms with Crippen LogP contribution in [0.5, 0.6) is 5.88 Å². The van der Waals surface area contributed by atoms with Crippen LogP contribution in [0, 0.1) is 12.7 Å². The second-order valence-electron chi connectivity index (χ2n) is 6.32. The average Bonchev–Trinajstić information content (AvgIpc) is 3.10. The van der Waals surface area contributed by atoms with Gasteiger partial charge in [-0.15, -0.1) is 0 Å². The smallest absolute Gasteiger partial charge is 0.216 e. The number of rotatable bonds is 5. The molecule has 130 valence electrons. The number of aromatic nitrogens is 2. The highest BCUT2D eigenvalue weighted by Crippen LogP contribution is 2.39. The fourth-order valence-electron chi connectivity index (χ4n) is 3.72. The zero-order valence-electron chi connectivity index (χ0n) is 14.4. The molecule has 0 unspecified atom stereocenters. The van der Waals surface area contributed by atoms with Gasteiger partial charge in [-0.1, -0.05) is 18.2 Å². The summed E-state index contributed by atoms with van der Waals surface area (Å²) >= 11 is 0. The first-order chi connectivity index (χ1) is 11.5. The Kier molecular flexibility index (Phi) is 4.87. The molecule has 3 rings (SSSR count). The topological polar surface area (TPSA) is 50.5 Å². The van der Waals surface area contributed by atoms with Gasteiger partial charge in [-0.05, 0) is 32.4 Å². The van der Waals surface area contributed by atoms with Crippen LogP contribution in [0.25, 0.3) is 0 Å². The predicted octanol–water partition coefficient (Wildman–Crippen LogP) is 2.75. The summed E-state index contributed by atoms with van der Waals surface area (Å²) in [6.45, 7) is 3.23. The molecule has 0 amide bonds. The highest BCUT2D eigenvalue weighted by molar-refractivity contribution is 5.35. The number of nitrogens with zero attached hydrogens (tertiary/aromatic N) is 3. The highest BCUT2D eigenvalue weighted by Gasteiger charge is 2.33. The number of hydrogen-bond donors (Lipinski definition) is 1. The quantitative estimate of drug-likeness (QED) is 0.914. The maximum Gasteiger partial charge on any atom is 0.216 e. The van der Waals surface area contributed by atoms with Gasteiger partial charge < -0.3 is 9.84 Å². The van der Waals surface area contributed by atoms with Gasteiger partial charge in [-0.3, -0.25) is 4.90 Å². The molecule has 0 saturated carbocycles. The number of aliphatic hydroxyl groups is 1. The first-order valence-electron chi connectivity index (χ1n) is 8.27. The minimum Gasteiger partial charge on any atom is -0.481 e. The number of benzene rings is 1. The molecule has 6 heteroatoms. The van der Waals surface area contributed by atoms with Gasteiger partial charge in [-0.2, -0.15) is 5.10 Å². The number of β-amino-alcohol motifs (C(OH)–C–C–N with tert-alkyl or cyclic N) is 1. The number of ether oxygens (including phenoxy) is 1. The number of likely N-dealkylation sites (tertiary alicyclic amines) is 1. The van der Waals surface area contributed by atoms with E-state index in [1.54, 1.807) is 30.0 Å². The number of halogens is 1. The van der Waals surface area contributed by atoms with Gasteiger partial charge in [0.15, 0.2) is 0 Å². The van der Waals surface area contributed by atoms with Crippen molar-refractivity contribution in [1.82, 2.24) is 14.7 Å². The summed E-state index contributed by atoms with van der Waals surface area (Å²) in [4.78, 5) is 2.20. The van der Waals surface area contributed by atoms with Crippen LogP contribution in [0.2, 0.25) is 0 Å². The third kappa shape index (κ3) is 3.03. The molecular formula is C18H24FN3O2. The second-order valence-corrected chi connectivity index (χ2v) is 6.32. The van der Waals surface area contributed by atoms with Crippen LogP contribution in [0.1, 0.15) is 41.8 Å². The number of aryl methyl sites for hydroxylation is 2. The molecule has 1 fully saturated rings. The largest absolute Gasteiger partial charge is 0.481 e. The molecule has 1 aromatic heterocycles. The Morgan fingerprint density at radius 2 is 2.17 bits per heavy atom. The Hall–Kier alpha value is -1.92. The van der Waals surface area contributed by atoms with Crippen molar-refractivity contribution in [3.05, 3.63) is 46.9 Å². The maximum absolute atomic E-state index is 13.9. The van der Waals surface area contributed by atoms with E-state index in [0.717, 1.165) is 36.5 Å². The lowest BCUT2D eigenvalue weighted by Gasteiger charge is -2.27. The molecule has 0 radical (unpaired) electrons. The lowest BCUT2D eigenvalue weighted by atomic mass is 10.0. The molecular weight excluding hydrogens is 309 g/mol. The fraction of sp³-hybridized carbons (Fsp3) is 0.500. The Balaban J connectivity index is 1.83. The highest BCUT2D eigenvalue weighted by atomic mass is 19.1. The van der Waals surface area contributed by atoms with E-state index in [1.165, 1.54) is 6.07 Å². The maximum atomic E-state index is 13.9. The molecule has 1 aliphatic rings. The van der Waals surface area contributed by atoms with Crippen LogP contribution in [-0.2, 0) is 7.05 Å². The van der Waals surface area contributed by atoms with Gasteiger partial charge in [0.25, 0.3) is 0 Å². The molecule has 2 atom stereocenters. The molecule has 5 nitrogen and oxygen atoms in total. The summed E-state index contributed by atoms with van der Waals surface area (Å²) in [5.41, 5.74) is 2.35. The Labute approximate surface area is 141 Å². The minimum absolute atomic E-state index is 0.134. The van der Waals surface area contributed by atoms with Crippen molar-refractivity contribution in [1.29, 1.82) is 0 Å². The fourth-order valence-corrected chi connectivity index (χ4v) is 3.72. The van der Waals surface area contributed by atoms with Crippen LogP contribution in [-0.4, -0.2) is 40.0 Å². The van der Waals surface area contributed by atoms with Crippen LogP contribution >= 0.6 is 0 Å².